The Balaban J connectivity index is 0.000000320. The van der Waals surface area contributed by atoms with Gasteiger partial charge in [0.25, 0.3) is 0 Å². The average molecular weight is 193 g/mol. The smallest absolute Gasteiger partial charge is 0.115 e. The number of hydrogen-bond acceptors (Lipinski definition) is 2. The molecule has 0 aliphatic carbocycles. The van der Waals surface area contributed by atoms with Crippen LogP contribution in [0, 0.1) is 0 Å². The first kappa shape index (κ1) is 9.08. The first-order valence-electron chi connectivity index (χ1n) is 2.10. The van der Waals surface area contributed by atoms with Gasteiger partial charge < -0.3 is 5.48 Å². The SMILES string of the molecule is O.[Zn].c1cnc2c(c1)S2. The molecule has 0 saturated heterocycles. The van der Waals surface area contributed by atoms with E-state index in [1.807, 2.05) is 12.3 Å². The molecule has 0 fully saturated rings. The number of hydrogen-bond donors (Lipinski definition) is 0. The summed E-state index contributed by atoms with van der Waals surface area (Å²) in [5, 5.41) is 1.20. The molecule has 9 heavy (non-hydrogen) atoms. The zero-order valence-corrected chi connectivity index (χ0v) is 8.58. The van der Waals surface area contributed by atoms with Crippen LogP contribution in [0.5, 0.6) is 0 Å². The van der Waals surface area contributed by atoms with Crippen LogP contribution in [0.25, 0.3) is 0 Å². The van der Waals surface area contributed by atoms with Gasteiger partial charge in [-0.1, -0.05) is 11.8 Å². The number of nitrogens with zero attached hydrogens (tertiary/aromatic N) is 1. The van der Waals surface area contributed by atoms with Gasteiger partial charge in [-0.05, 0) is 12.1 Å². The maximum absolute atomic E-state index is 4.03. The molecular weight excluding hydrogens is 188 g/mol. The van der Waals surface area contributed by atoms with Crippen LogP contribution in [-0.2, 0) is 19.5 Å². The molecule has 44 valence electrons. The molecule has 2 rings (SSSR count). The largest absolute Gasteiger partial charge is 0.412 e. The second-order valence-corrected chi connectivity index (χ2v) is 2.44. The molecule has 0 unspecified atom stereocenters. The van der Waals surface area contributed by atoms with Gasteiger partial charge in [0.2, 0.25) is 0 Å². The third-order valence-electron chi connectivity index (χ3n) is 0.901. The quantitative estimate of drug-likeness (QED) is 0.456. The summed E-state index contributed by atoms with van der Waals surface area (Å²) in [6.45, 7) is 0. The molecule has 1 aromatic rings. The molecule has 1 aromatic heterocycles. The van der Waals surface area contributed by atoms with Crippen molar-refractivity contribution in [2.45, 2.75) is 9.92 Å². The van der Waals surface area contributed by atoms with E-state index in [0.717, 1.165) is 0 Å². The second kappa shape index (κ2) is 3.30. The van der Waals surface area contributed by atoms with Crippen molar-refractivity contribution in [3.63, 3.8) is 0 Å². The van der Waals surface area contributed by atoms with Gasteiger partial charge in [-0.2, -0.15) is 0 Å². The number of rotatable bonds is 0. The predicted octanol–water partition coefficient (Wildman–Crippen LogP) is 0.719. The molecule has 0 atom stereocenters. The van der Waals surface area contributed by atoms with Crippen LogP contribution in [0.15, 0.2) is 28.3 Å². The topological polar surface area (TPSA) is 44.4 Å². The zero-order chi connectivity index (χ0) is 4.69. The van der Waals surface area contributed by atoms with Crippen LogP contribution < -0.4 is 0 Å². The molecule has 0 saturated carbocycles. The predicted molar refractivity (Wildman–Crippen MR) is 32.0 cm³/mol. The van der Waals surface area contributed by atoms with E-state index in [2.05, 4.69) is 11.1 Å². The van der Waals surface area contributed by atoms with Crippen molar-refractivity contribution in [2.24, 2.45) is 0 Å². The van der Waals surface area contributed by atoms with Crippen molar-refractivity contribution in [3.05, 3.63) is 18.3 Å². The van der Waals surface area contributed by atoms with Gasteiger partial charge >= 0.3 is 0 Å². The van der Waals surface area contributed by atoms with E-state index in [1.165, 1.54) is 9.92 Å². The first-order chi connectivity index (χ1) is 3.47. The molecule has 0 radical (unpaired) electrons. The number of pyridine rings is 1. The average Bonchev–Trinajstić information content (AvgIpc) is 2.41. The maximum atomic E-state index is 4.03. The Hall–Kier alpha value is 0.0834. The molecule has 0 spiro atoms. The standard InChI is InChI=1S/C5H3NS.H2O.Zn/c1-2-4-5(7-4)6-3-1;;/h1-3H;1H2;. The van der Waals surface area contributed by atoms with E-state index in [-0.39, 0.29) is 25.0 Å². The monoisotopic (exact) mass is 191 g/mol. The normalized spacial score (nSPS) is 10.2. The fourth-order valence-corrected chi connectivity index (χ4v) is 1.05. The summed E-state index contributed by atoms with van der Waals surface area (Å²) in [4.78, 5) is 5.37. The van der Waals surface area contributed by atoms with E-state index < -0.39 is 0 Å². The Kier molecular flexibility index (Phi) is 3.33. The van der Waals surface area contributed by atoms with Crippen molar-refractivity contribution in [2.75, 3.05) is 0 Å². The van der Waals surface area contributed by atoms with E-state index >= 15 is 0 Å². The molecular formula is C5H5NOSZn. The summed E-state index contributed by atoms with van der Waals surface area (Å²) in [6.07, 6.45) is 1.82. The summed E-state index contributed by atoms with van der Waals surface area (Å²) in [6, 6.07) is 4.03. The van der Waals surface area contributed by atoms with Crippen molar-refractivity contribution < 1.29 is 25.0 Å². The maximum Gasteiger partial charge on any atom is 0.115 e. The van der Waals surface area contributed by atoms with Gasteiger partial charge in [-0.25, -0.2) is 4.98 Å². The Bertz CT molecular complexity index is 185. The van der Waals surface area contributed by atoms with E-state index in [0.29, 0.717) is 0 Å². The van der Waals surface area contributed by atoms with Crippen molar-refractivity contribution >= 4 is 11.8 Å². The number of aromatic nitrogens is 1. The van der Waals surface area contributed by atoms with Gasteiger partial charge in [0.1, 0.15) is 5.03 Å². The third-order valence-corrected chi connectivity index (χ3v) is 1.77. The van der Waals surface area contributed by atoms with Gasteiger partial charge in [0, 0.05) is 30.6 Å². The second-order valence-electron chi connectivity index (χ2n) is 1.41. The van der Waals surface area contributed by atoms with E-state index in [1.54, 1.807) is 11.8 Å². The molecule has 2 nitrogen and oxygen atoms in total. The fourth-order valence-electron chi connectivity index (χ4n) is 0.515. The Morgan fingerprint density at radius 2 is 2.22 bits per heavy atom. The van der Waals surface area contributed by atoms with Gasteiger partial charge in [0.05, 0.1) is 0 Å². The van der Waals surface area contributed by atoms with Crippen LogP contribution in [0.4, 0.5) is 0 Å². The van der Waals surface area contributed by atoms with Crippen LogP contribution in [0.2, 0.25) is 0 Å². The fraction of sp³-hybridized carbons (Fsp3) is 0. The van der Waals surface area contributed by atoms with Gasteiger partial charge in [-0.15, -0.1) is 0 Å². The molecule has 1 aliphatic rings. The molecule has 4 heteroatoms. The minimum atomic E-state index is 0. The van der Waals surface area contributed by atoms with Gasteiger partial charge in [0.15, 0.2) is 0 Å². The van der Waals surface area contributed by atoms with Crippen molar-refractivity contribution in [3.8, 4) is 0 Å². The van der Waals surface area contributed by atoms with Gasteiger partial charge in [-0.3, -0.25) is 0 Å². The minimum Gasteiger partial charge on any atom is -0.412 e. The van der Waals surface area contributed by atoms with Crippen LogP contribution in [-0.4, -0.2) is 10.5 Å². The van der Waals surface area contributed by atoms with E-state index in [9.17, 15) is 0 Å². The zero-order valence-electron chi connectivity index (χ0n) is 4.79. The molecule has 0 aromatic carbocycles. The molecule has 1 aliphatic heterocycles. The third kappa shape index (κ3) is 1.75. The van der Waals surface area contributed by atoms with Crippen LogP contribution in [0.1, 0.15) is 0 Å². The summed E-state index contributed by atoms with van der Waals surface area (Å²) >= 11 is 1.75. The summed E-state index contributed by atoms with van der Waals surface area (Å²) < 4.78 is 0. The number of fused-ring (bicyclic) bond motifs is 1. The Morgan fingerprint density at radius 3 is 2.67 bits per heavy atom. The van der Waals surface area contributed by atoms with Crippen LogP contribution >= 0.6 is 11.8 Å². The Labute approximate surface area is 70.1 Å². The summed E-state index contributed by atoms with van der Waals surface area (Å²) in [7, 11) is 0. The Morgan fingerprint density at radius 1 is 1.44 bits per heavy atom. The first-order valence-corrected chi connectivity index (χ1v) is 2.91. The molecule has 2 N–H and O–H groups in total. The summed E-state index contributed by atoms with van der Waals surface area (Å²) in [5.41, 5.74) is 0. The molecule has 0 bridgehead atoms. The summed E-state index contributed by atoms with van der Waals surface area (Å²) in [5.74, 6) is 0. The molecule has 2 heterocycles. The van der Waals surface area contributed by atoms with Crippen LogP contribution in [0.3, 0.4) is 0 Å². The van der Waals surface area contributed by atoms with E-state index in [4.69, 9.17) is 0 Å². The van der Waals surface area contributed by atoms with Crippen molar-refractivity contribution in [1.82, 2.24) is 4.98 Å². The minimum absolute atomic E-state index is 0. The van der Waals surface area contributed by atoms with Crippen molar-refractivity contribution in [1.29, 1.82) is 0 Å². The molecule has 0 amide bonds.